The lowest BCUT2D eigenvalue weighted by molar-refractivity contribution is -0.0241. The molecule has 2 heterocycles. The highest BCUT2D eigenvalue weighted by Crippen LogP contribution is 2.25. The van der Waals surface area contributed by atoms with E-state index in [1.807, 2.05) is 0 Å². The summed E-state index contributed by atoms with van der Waals surface area (Å²) in [7, 11) is 8.92. The molecule has 0 aromatic rings. The second-order valence-electron chi connectivity index (χ2n) is 6.27. The molecule has 0 amide bonds. The van der Waals surface area contributed by atoms with E-state index in [4.69, 9.17) is 0 Å². The van der Waals surface area contributed by atoms with Crippen molar-refractivity contribution in [3.05, 3.63) is 0 Å². The van der Waals surface area contributed by atoms with Gasteiger partial charge >= 0.3 is 0 Å². The van der Waals surface area contributed by atoms with Crippen molar-refractivity contribution in [1.82, 2.24) is 20.0 Å². The van der Waals surface area contributed by atoms with Crippen LogP contribution in [0, 0.1) is 0 Å². The number of nitrogens with one attached hydrogen (secondary N) is 1. The van der Waals surface area contributed by atoms with Crippen molar-refractivity contribution in [2.45, 2.75) is 43.9 Å². The largest absolute Gasteiger partial charge is 0.315 e. The van der Waals surface area contributed by atoms with Crippen molar-refractivity contribution in [3.63, 3.8) is 0 Å². The molecule has 2 saturated heterocycles. The first-order chi connectivity index (χ1) is 8.61. The fraction of sp³-hybridized carbons (Fsp3) is 1.00. The predicted octanol–water partition coefficient (Wildman–Crippen LogP) is 0.652. The molecule has 2 aliphatic rings. The van der Waals surface area contributed by atoms with Crippen molar-refractivity contribution in [1.29, 1.82) is 0 Å². The third-order valence-corrected chi connectivity index (χ3v) is 4.61. The molecule has 3 unspecified atom stereocenters. The lowest BCUT2D eigenvalue weighted by atomic mass is 9.94. The molecule has 2 rings (SSSR count). The molecule has 2 fully saturated rings. The molecular formula is C14H30N4. The molecule has 0 saturated carbocycles. The zero-order valence-electron chi connectivity index (χ0n) is 12.5. The van der Waals surface area contributed by atoms with Gasteiger partial charge in [-0.2, -0.15) is 0 Å². The van der Waals surface area contributed by atoms with Gasteiger partial charge in [0.05, 0.1) is 6.17 Å². The Morgan fingerprint density at radius 3 is 2.44 bits per heavy atom. The SMILES string of the molecule is CN(C)C1CCNCC1N1CCCCC1N(C)C. The molecule has 0 aliphatic carbocycles. The van der Waals surface area contributed by atoms with E-state index in [-0.39, 0.29) is 0 Å². The molecule has 0 spiro atoms. The molecule has 0 radical (unpaired) electrons. The van der Waals surface area contributed by atoms with E-state index in [9.17, 15) is 0 Å². The van der Waals surface area contributed by atoms with Gasteiger partial charge in [0, 0.05) is 25.2 Å². The van der Waals surface area contributed by atoms with Gasteiger partial charge in [0.25, 0.3) is 0 Å². The van der Waals surface area contributed by atoms with E-state index in [2.05, 4.69) is 48.2 Å². The molecular weight excluding hydrogens is 224 g/mol. The van der Waals surface area contributed by atoms with Gasteiger partial charge in [-0.25, -0.2) is 0 Å². The molecule has 3 atom stereocenters. The number of nitrogens with zero attached hydrogens (tertiary/aromatic N) is 3. The lowest BCUT2D eigenvalue weighted by Gasteiger charge is -2.49. The maximum absolute atomic E-state index is 3.59. The van der Waals surface area contributed by atoms with Crippen LogP contribution in [0.25, 0.3) is 0 Å². The summed E-state index contributed by atoms with van der Waals surface area (Å²) < 4.78 is 0. The molecule has 4 heteroatoms. The van der Waals surface area contributed by atoms with E-state index in [1.165, 1.54) is 38.8 Å². The number of hydrogen-bond acceptors (Lipinski definition) is 4. The standard InChI is InChI=1S/C14H30N4/c1-16(2)12-8-9-15-11-13(12)18-10-6-5-7-14(18)17(3)4/h12-15H,5-11H2,1-4H3. The summed E-state index contributed by atoms with van der Waals surface area (Å²) in [4.78, 5) is 7.58. The summed E-state index contributed by atoms with van der Waals surface area (Å²) in [5.41, 5.74) is 0. The Morgan fingerprint density at radius 1 is 1.00 bits per heavy atom. The molecule has 0 aromatic heterocycles. The summed E-state index contributed by atoms with van der Waals surface area (Å²) in [5.74, 6) is 0. The van der Waals surface area contributed by atoms with Crippen molar-refractivity contribution in [3.8, 4) is 0 Å². The molecule has 1 N–H and O–H groups in total. The van der Waals surface area contributed by atoms with Crippen LogP contribution in [-0.2, 0) is 0 Å². The minimum Gasteiger partial charge on any atom is -0.315 e. The Morgan fingerprint density at radius 2 is 1.78 bits per heavy atom. The van der Waals surface area contributed by atoms with Crippen LogP contribution in [0.4, 0.5) is 0 Å². The van der Waals surface area contributed by atoms with Gasteiger partial charge in [-0.15, -0.1) is 0 Å². The Balaban J connectivity index is 2.10. The van der Waals surface area contributed by atoms with Crippen LogP contribution in [0.5, 0.6) is 0 Å². The van der Waals surface area contributed by atoms with E-state index < -0.39 is 0 Å². The van der Waals surface area contributed by atoms with E-state index in [1.54, 1.807) is 0 Å². The minimum atomic E-state index is 0.631. The second-order valence-corrected chi connectivity index (χ2v) is 6.27. The second kappa shape index (κ2) is 6.33. The zero-order chi connectivity index (χ0) is 13.1. The van der Waals surface area contributed by atoms with Gasteiger partial charge in [-0.3, -0.25) is 9.80 Å². The van der Waals surface area contributed by atoms with Gasteiger partial charge in [-0.05, 0) is 60.4 Å². The van der Waals surface area contributed by atoms with Gasteiger partial charge < -0.3 is 10.2 Å². The lowest BCUT2D eigenvalue weighted by Crippen LogP contribution is -2.63. The van der Waals surface area contributed by atoms with Gasteiger partial charge in [0.1, 0.15) is 0 Å². The molecule has 2 aliphatic heterocycles. The molecule has 0 bridgehead atoms. The van der Waals surface area contributed by atoms with Gasteiger partial charge in [0.15, 0.2) is 0 Å². The number of hydrogen-bond donors (Lipinski definition) is 1. The number of likely N-dealkylation sites (tertiary alicyclic amines) is 1. The van der Waals surface area contributed by atoms with Gasteiger partial charge in [0.2, 0.25) is 0 Å². The highest BCUT2D eigenvalue weighted by Gasteiger charge is 2.36. The van der Waals surface area contributed by atoms with Crippen LogP contribution in [0.3, 0.4) is 0 Å². The highest BCUT2D eigenvalue weighted by atomic mass is 15.4. The molecule has 4 nitrogen and oxygen atoms in total. The zero-order valence-corrected chi connectivity index (χ0v) is 12.5. The smallest absolute Gasteiger partial charge is 0.0620 e. The average molecular weight is 254 g/mol. The van der Waals surface area contributed by atoms with Crippen LogP contribution < -0.4 is 5.32 Å². The Bertz CT molecular complexity index is 228. The van der Waals surface area contributed by atoms with E-state index >= 15 is 0 Å². The first-order valence-electron chi connectivity index (χ1n) is 7.40. The monoisotopic (exact) mass is 254 g/mol. The van der Waals surface area contributed by atoms with Crippen molar-refractivity contribution >= 4 is 0 Å². The maximum Gasteiger partial charge on any atom is 0.0620 e. The van der Waals surface area contributed by atoms with Crippen LogP contribution in [-0.4, -0.2) is 80.8 Å². The van der Waals surface area contributed by atoms with Crippen LogP contribution in [0.15, 0.2) is 0 Å². The fourth-order valence-electron chi connectivity index (χ4n) is 3.65. The quantitative estimate of drug-likeness (QED) is 0.798. The summed E-state index contributed by atoms with van der Waals surface area (Å²) >= 11 is 0. The normalized spacial score (nSPS) is 35.3. The first-order valence-corrected chi connectivity index (χ1v) is 7.40. The maximum atomic E-state index is 3.59. The van der Waals surface area contributed by atoms with Crippen molar-refractivity contribution < 1.29 is 0 Å². The Kier molecular flexibility index (Phi) is 5.01. The Labute approximate surface area is 112 Å². The molecule has 106 valence electrons. The van der Waals surface area contributed by atoms with Crippen molar-refractivity contribution in [2.75, 3.05) is 47.8 Å². The summed E-state index contributed by atoms with van der Waals surface area (Å²) in [6.45, 7) is 3.58. The van der Waals surface area contributed by atoms with Crippen LogP contribution in [0.2, 0.25) is 0 Å². The summed E-state index contributed by atoms with van der Waals surface area (Å²) in [6.07, 6.45) is 5.97. The summed E-state index contributed by atoms with van der Waals surface area (Å²) in [5, 5.41) is 3.59. The summed E-state index contributed by atoms with van der Waals surface area (Å²) in [6, 6.07) is 1.37. The highest BCUT2D eigenvalue weighted by molar-refractivity contribution is 4.93. The average Bonchev–Trinajstić information content (AvgIpc) is 2.38. The first kappa shape index (κ1) is 14.3. The van der Waals surface area contributed by atoms with Crippen LogP contribution >= 0.6 is 0 Å². The minimum absolute atomic E-state index is 0.631. The number of rotatable bonds is 3. The topological polar surface area (TPSA) is 21.8 Å². The molecule has 18 heavy (non-hydrogen) atoms. The van der Waals surface area contributed by atoms with E-state index in [0.29, 0.717) is 18.2 Å². The van der Waals surface area contributed by atoms with E-state index in [0.717, 1.165) is 6.54 Å². The number of piperidine rings is 2. The van der Waals surface area contributed by atoms with Crippen molar-refractivity contribution in [2.24, 2.45) is 0 Å². The molecule has 0 aromatic carbocycles. The van der Waals surface area contributed by atoms with Gasteiger partial charge in [-0.1, -0.05) is 0 Å². The number of likely N-dealkylation sites (N-methyl/N-ethyl adjacent to an activating group) is 1. The third-order valence-electron chi connectivity index (χ3n) is 4.61. The fourth-order valence-corrected chi connectivity index (χ4v) is 3.65. The Hall–Kier alpha value is -0.160. The third kappa shape index (κ3) is 3.05. The van der Waals surface area contributed by atoms with Crippen LogP contribution in [0.1, 0.15) is 25.7 Å². The predicted molar refractivity (Wildman–Crippen MR) is 76.8 cm³/mol.